The summed E-state index contributed by atoms with van der Waals surface area (Å²) in [6, 6.07) is 10.4. The van der Waals surface area contributed by atoms with Gasteiger partial charge in [-0.25, -0.2) is 0 Å². The molecule has 2 nitrogen and oxygen atoms in total. The van der Waals surface area contributed by atoms with Crippen molar-refractivity contribution in [2.75, 3.05) is 0 Å². The molecule has 18 heavy (non-hydrogen) atoms. The van der Waals surface area contributed by atoms with Gasteiger partial charge in [0, 0.05) is 6.54 Å². The Bertz CT molecular complexity index is 494. The summed E-state index contributed by atoms with van der Waals surface area (Å²) in [6.07, 6.45) is 4.40. The maximum absolute atomic E-state index is 12.2. The molecular weight excluding hydrogens is 246 g/mol. The van der Waals surface area contributed by atoms with E-state index in [-0.39, 0.29) is 11.9 Å². The van der Waals surface area contributed by atoms with Crippen molar-refractivity contribution in [1.29, 1.82) is 0 Å². The van der Waals surface area contributed by atoms with E-state index in [0.29, 0.717) is 11.6 Å². The molecule has 1 heterocycles. The van der Waals surface area contributed by atoms with Crippen LogP contribution >= 0.6 is 11.6 Å². The molecule has 1 saturated carbocycles. The van der Waals surface area contributed by atoms with Crippen LogP contribution in [0.4, 0.5) is 0 Å². The summed E-state index contributed by atoms with van der Waals surface area (Å²) in [7, 11) is 0. The largest absolute Gasteiger partial charge is 0.327 e. The lowest BCUT2D eigenvalue weighted by Crippen LogP contribution is -2.36. The van der Waals surface area contributed by atoms with E-state index >= 15 is 0 Å². The van der Waals surface area contributed by atoms with Crippen LogP contribution in [0, 0.1) is 0 Å². The van der Waals surface area contributed by atoms with Crippen molar-refractivity contribution in [3.8, 4) is 0 Å². The highest BCUT2D eigenvalue weighted by molar-refractivity contribution is 6.43. The van der Waals surface area contributed by atoms with Crippen LogP contribution in [0.15, 0.2) is 40.9 Å². The lowest BCUT2D eigenvalue weighted by Gasteiger charge is -2.30. The van der Waals surface area contributed by atoms with Crippen molar-refractivity contribution in [3.05, 3.63) is 46.5 Å². The number of amides is 1. The predicted octanol–water partition coefficient (Wildman–Crippen LogP) is 3.46. The van der Waals surface area contributed by atoms with Crippen molar-refractivity contribution in [2.45, 2.75) is 38.3 Å². The van der Waals surface area contributed by atoms with Crippen LogP contribution < -0.4 is 0 Å². The first kappa shape index (κ1) is 11.8. The molecule has 1 aliphatic heterocycles. The number of carbonyl (C=O) groups is 1. The van der Waals surface area contributed by atoms with Crippen LogP contribution in [-0.2, 0) is 11.3 Å². The van der Waals surface area contributed by atoms with Crippen LogP contribution in [0.3, 0.4) is 0 Å². The Morgan fingerprint density at radius 1 is 1.22 bits per heavy atom. The highest BCUT2D eigenvalue weighted by atomic mass is 35.5. The third-order valence-corrected chi connectivity index (χ3v) is 4.28. The predicted molar refractivity (Wildman–Crippen MR) is 72.1 cm³/mol. The van der Waals surface area contributed by atoms with Gasteiger partial charge >= 0.3 is 0 Å². The van der Waals surface area contributed by atoms with E-state index in [4.69, 9.17) is 11.6 Å². The van der Waals surface area contributed by atoms with Gasteiger partial charge in [0.15, 0.2) is 0 Å². The number of fused-ring (bicyclic) bond motifs is 1. The maximum atomic E-state index is 12.2. The topological polar surface area (TPSA) is 20.3 Å². The molecule has 1 fully saturated rings. The second kappa shape index (κ2) is 4.77. The van der Waals surface area contributed by atoms with Crippen LogP contribution in [0.5, 0.6) is 0 Å². The molecule has 0 radical (unpaired) electrons. The monoisotopic (exact) mass is 261 g/mol. The van der Waals surface area contributed by atoms with Gasteiger partial charge in [-0.15, -0.1) is 0 Å². The summed E-state index contributed by atoms with van der Waals surface area (Å²) in [5.41, 5.74) is 2.34. The Balaban J connectivity index is 1.84. The summed E-state index contributed by atoms with van der Waals surface area (Å²) in [5, 5.41) is 0.482. The molecular formula is C15H16ClNO. The van der Waals surface area contributed by atoms with Gasteiger partial charge in [0.2, 0.25) is 0 Å². The first-order valence-electron chi connectivity index (χ1n) is 6.51. The van der Waals surface area contributed by atoms with Crippen molar-refractivity contribution in [2.24, 2.45) is 0 Å². The van der Waals surface area contributed by atoms with E-state index < -0.39 is 0 Å². The number of benzene rings is 1. The Morgan fingerprint density at radius 2 is 2.00 bits per heavy atom. The molecule has 3 rings (SSSR count). The molecule has 1 aliphatic carbocycles. The average Bonchev–Trinajstić information content (AvgIpc) is 2.66. The zero-order valence-electron chi connectivity index (χ0n) is 10.2. The Morgan fingerprint density at radius 3 is 2.78 bits per heavy atom. The van der Waals surface area contributed by atoms with Gasteiger partial charge in [0.1, 0.15) is 5.03 Å². The van der Waals surface area contributed by atoms with Gasteiger partial charge in [-0.2, -0.15) is 0 Å². The molecule has 0 N–H and O–H groups in total. The van der Waals surface area contributed by atoms with Crippen molar-refractivity contribution < 1.29 is 4.79 Å². The maximum Gasteiger partial charge on any atom is 0.266 e. The molecule has 0 bridgehead atoms. The fourth-order valence-corrected chi connectivity index (χ4v) is 3.29. The highest BCUT2D eigenvalue weighted by Crippen LogP contribution is 2.38. The van der Waals surface area contributed by atoms with Gasteiger partial charge in [-0.3, -0.25) is 4.79 Å². The lowest BCUT2D eigenvalue weighted by molar-refractivity contribution is -0.127. The van der Waals surface area contributed by atoms with Gasteiger partial charge in [-0.1, -0.05) is 48.4 Å². The highest BCUT2D eigenvalue weighted by Gasteiger charge is 2.38. The number of halogens is 1. The van der Waals surface area contributed by atoms with Crippen LogP contribution in [-0.4, -0.2) is 16.8 Å². The van der Waals surface area contributed by atoms with E-state index in [1.807, 2.05) is 23.1 Å². The molecule has 0 spiro atoms. The smallest absolute Gasteiger partial charge is 0.266 e. The molecule has 1 aromatic carbocycles. The molecule has 2 aliphatic rings. The number of carbonyl (C=O) groups excluding carboxylic acids is 1. The molecule has 0 aromatic heterocycles. The minimum Gasteiger partial charge on any atom is -0.327 e. The average molecular weight is 262 g/mol. The van der Waals surface area contributed by atoms with Crippen molar-refractivity contribution in [1.82, 2.24) is 4.90 Å². The number of rotatable bonds is 2. The van der Waals surface area contributed by atoms with Crippen LogP contribution in [0.2, 0.25) is 0 Å². The molecule has 0 saturated heterocycles. The van der Waals surface area contributed by atoms with Crippen molar-refractivity contribution in [3.63, 3.8) is 0 Å². The standard InChI is InChI=1S/C15H16ClNO/c16-14-12-8-4-5-9-13(12)17(15(14)18)10-11-6-2-1-3-7-11/h1-3,6-7,13H,4-5,8-10H2. The number of hydrogen-bond acceptors (Lipinski definition) is 1. The Hall–Kier alpha value is -1.28. The minimum absolute atomic E-state index is 0.0161. The van der Waals surface area contributed by atoms with Gasteiger partial charge in [0.25, 0.3) is 5.91 Å². The summed E-state index contributed by atoms with van der Waals surface area (Å²) < 4.78 is 0. The Labute approximate surface area is 112 Å². The molecule has 3 heteroatoms. The zero-order valence-corrected chi connectivity index (χ0v) is 11.0. The van der Waals surface area contributed by atoms with E-state index in [0.717, 1.165) is 19.3 Å². The number of nitrogens with zero attached hydrogens (tertiary/aromatic N) is 1. The number of hydrogen-bond donors (Lipinski definition) is 0. The zero-order chi connectivity index (χ0) is 12.5. The third kappa shape index (κ3) is 1.95. The van der Waals surface area contributed by atoms with Crippen molar-refractivity contribution >= 4 is 17.5 Å². The van der Waals surface area contributed by atoms with E-state index in [1.54, 1.807) is 0 Å². The molecule has 1 atom stereocenters. The summed E-state index contributed by atoms with van der Waals surface area (Å²) in [4.78, 5) is 14.1. The first-order valence-corrected chi connectivity index (χ1v) is 6.88. The second-order valence-corrected chi connectivity index (χ2v) is 5.40. The summed E-state index contributed by atoms with van der Waals surface area (Å²) in [5.74, 6) is 0.0161. The second-order valence-electron chi connectivity index (χ2n) is 5.02. The quantitative estimate of drug-likeness (QED) is 0.798. The SMILES string of the molecule is O=C1C(Cl)=C2CCCCC2N1Cc1ccccc1. The fraction of sp³-hybridized carbons (Fsp3) is 0.400. The summed E-state index contributed by atoms with van der Waals surface area (Å²) >= 11 is 6.19. The molecule has 1 aromatic rings. The lowest BCUT2D eigenvalue weighted by atomic mass is 9.91. The van der Waals surface area contributed by atoms with Gasteiger partial charge < -0.3 is 4.90 Å². The van der Waals surface area contributed by atoms with Crippen LogP contribution in [0.1, 0.15) is 31.2 Å². The van der Waals surface area contributed by atoms with E-state index in [2.05, 4.69) is 12.1 Å². The fourth-order valence-electron chi connectivity index (χ4n) is 2.96. The third-order valence-electron chi connectivity index (χ3n) is 3.88. The van der Waals surface area contributed by atoms with Gasteiger partial charge in [0.05, 0.1) is 6.04 Å². The minimum atomic E-state index is 0.0161. The Kier molecular flexibility index (Phi) is 3.13. The normalized spacial score (nSPS) is 23.5. The molecule has 1 amide bonds. The first-order chi connectivity index (χ1) is 8.77. The van der Waals surface area contributed by atoms with E-state index in [9.17, 15) is 4.79 Å². The molecule has 94 valence electrons. The van der Waals surface area contributed by atoms with Gasteiger partial charge in [-0.05, 0) is 30.4 Å². The van der Waals surface area contributed by atoms with E-state index in [1.165, 1.54) is 17.6 Å². The summed E-state index contributed by atoms with van der Waals surface area (Å²) in [6.45, 7) is 0.671. The molecule has 1 unspecified atom stereocenters. The van der Waals surface area contributed by atoms with Crippen LogP contribution in [0.25, 0.3) is 0 Å².